The monoisotopic (exact) mass is 621 g/mol. The second-order valence-corrected chi connectivity index (χ2v) is 4.83. The first-order valence-electron chi connectivity index (χ1n) is 7.48. The van der Waals surface area contributed by atoms with Crippen molar-refractivity contribution in [2.75, 3.05) is 0 Å². The van der Waals surface area contributed by atoms with Gasteiger partial charge in [-0.05, 0) is 36.4 Å². The second kappa shape index (κ2) is 13.8. The van der Waals surface area contributed by atoms with Crippen LogP contribution in [0.4, 0.5) is 34.5 Å². The Morgan fingerprint density at radius 1 is 0.500 bits per heavy atom. The van der Waals surface area contributed by atoms with Gasteiger partial charge in [0, 0.05) is 33.5 Å². The van der Waals surface area contributed by atoms with Crippen molar-refractivity contribution in [1.82, 2.24) is 15.0 Å². The Kier molecular flexibility index (Phi) is 13.7. The van der Waals surface area contributed by atoms with E-state index in [9.17, 15) is 34.5 Å². The molecule has 30 heavy (non-hydrogen) atoms. The van der Waals surface area contributed by atoms with Crippen molar-refractivity contribution in [1.29, 1.82) is 0 Å². The van der Waals surface area contributed by atoms with E-state index >= 15 is 0 Å². The summed E-state index contributed by atoms with van der Waals surface area (Å²) in [6.07, 6.45) is 3.54. The topological polar surface area (TPSA) is 71.7 Å². The fraction of sp³-hybridized carbons (Fsp3) is 0. The first-order chi connectivity index (χ1) is 12.9. The summed E-state index contributed by atoms with van der Waals surface area (Å²) in [6.45, 7) is 0. The number of halogens is 8. The van der Waals surface area contributed by atoms with Gasteiger partial charge in [0.2, 0.25) is 0 Å². The maximum atomic E-state index is 9.75. The molecule has 0 aliphatic rings. The van der Waals surface area contributed by atoms with Crippen molar-refractivity contribution in [3.05, 3.63) is 67.0 Å². The van der Waals surface area contributed by atoms with Crippen LogP contribution in [0.5, 0.6) is 0 Å². The molecule has 0 bridgehead atoms. The van der Waals surface area contributed by atoms with Crippen LogP contribution in [0.1, 0.15) is 0 Å². The molecule has 4 nitrogen and oxygen atoms in total. The molecule has 3 aromatic heterocycles. The molecule has 3 rings (SSSR count). The van der Waals surface area contributed by atoms with Gasteiger partial charge in [-0.3, -0.25) is 9.97 Å². The maximum absolute atomic E-state index is 9.75. The molecule has 3 heterocycles. The normalized spacial score (nSPS) is 10.1. The van der Waals surface area contributed by atoms with Gasteiger partial charge in [0.25, 0.3) is 0 Å². The first kappa shape index (κ1) is 29.9. The summed E-state index contributed by atoms with van der Waals surface area (Å²) >= 11 is 0. The van der Waals surface area contributed by atoms with E-state index in [-0.39, 0.29) is 26.5 Å². The minimum atomic E-state index is -6.00. The Bertz CT molecular complexity index is 764. The summed E-state index contributed by atoms with van der Waals surface area (Å²) in [6, 6.07) is 17.5. The van der Waals surface area contributed by atoms with Crippen LogP contribution in [-0.2, 0) is 26.5 Å². The number of nitrogens with zero attached hydrogens (tertiary/aromatic N) is 3. The van der Waals surface area contributed by atoms with E-state index in [0.717, 1.165) is 22.8 Å². The van der Waals surface area contributed by atoms with Gasteiger partial charge < -0.3 is 40.0 Å². The number of hydrogen-bond acceptors (Lipinski definition) is 3. The van der Waals surface area contributed by atoms with Crippen LogP contribution in [0.2, 0.25) is 0 Å². The smallest absolute Gasteiger partial charge is 0.457 e. The Morgan fingerprint density at radius 2 is 0.800 bits per heavy atom. The summed E-state index contributed by atoms with van der Waals surface area (Å²) in [5.74, 6) is 0. The van der Waals surface area contributed by atoms with Crippen molar-refractivity contribution in [2.45, 2.75) is 0 Å². The third-order valence-electron chi connectivity index (χ3n) is 2.60. The van der Waals surface area contributed by atoms with Crippen LogP contribution in [-0.4, -0.2) is 29.5 Å². The maximum Gasteiger partial charge on any atom is 0.673 e. The van der Waals surface area contributed by atoms with Gasteiger partial charge in [-0.2, -0.15) is 0 Å². The fourth-order valence-corrected chi connectivity index (χ4v) is 1.75. The van der Waals surface area contributed by atoms with Gasteiger partial charge in [-0.15, -0.1) is 0 Å². The van der Waals surface area contributed by atoms with Crippen molar-refractivity contribution >= 4 is 14.5 Å². The molecule has 0 unspecified atom stereocenters. The van der Waals surface area contributed by atoms with Gasteiger partial charge in [0.1, 0.15) is 0 Å². The largest absolute Gasteiger partial charge is 0.673 e. The molecule has 0 aromatic carbocycles. The van der Waals surface area contributed by atoms with E-state index in [1.807, 2.05) is 54.6 Å². The SMILES string of the molecule is F[B-](F)(F)F.F[B-](F)(F)F.[OH3+].[Pt].c1ccc(-c2cccc(-c3ccccn3)n2)nc1. The van der Waals surface area contributed by atoms with Gasteiger partial charge in [-0.25, -0.2) is 4.98 Å². The molecule has 0 aliphatic carbocycles. The Balaban J connectivity index is 0. The predicted molar refractivity (Wildman–Crippen MR) is 95.9 cm³/mol. The van der Waals surface area contributed by atoms with E-state index in [4.69, 9.17) is 0 Å². The molecule has 0 amide bonds. The molecule has 0 spiro atoms. The fourth-order valence-electron chi connectivity index (χ4n) is 1.75. The Labute approximate surface area is 180 Å². The van der Waals surface area contributed by atoms with Crippen LogP contribution < -0.4 is 0 Å². The average molecular weight is 621 g/mol. The molecule has 0 radical (unpaired) electrons. The van der Waals surface area contributed by atoms with Gasteiger partial charge in [-0.1, -0.05) is 18.2 Å². The molecule has 0 atom stereocenters. The van der Waals surface area contributed by atoms with Gasteiger partial charge in [0.15, 0.2) is 0 Å². The van der Waals surface area contributed by atoms with E-state index in [0.29, 0.717) is 0 Å². The molecule has 0 aliphatic heterocycles. The first-order valence-corrected chi connectivity index (χ1v) is 7.48. The predicted octanol–water partition coefficient (Wildman–Crippen LogP) is 4.88. The molecule has 168 valence electrons. The summed E-state index contributed by atoms with van der Waals surface area (Å²) in [7, 11) is -12.0. The zero-order chi connectivity index (χ0) is 21.2. The van der Waals surface area contributed by atoms with Crippen LogP contribution in [0.15, 0.2) is 67.0 Å². The number of rotatable bonds is 2. The summed E-state index contributed by atoms with van der Waals surface area (Å²) in [5.41, 5.74) is 3.46. The zero-order valence-corrected chi connectivity index (χ0v) is 17.0. The number of pyridine rings is 3. The average Bonchev–Trinajstić information content (AvgIpc) is 2.61. The summed E-state index contributed by atoms with van der Waals surface area (Å²) in [4.78, 5) is 13.2. The van der Waals surface area contributed by atoms with E-state index in [2.05, 4.69) is 15.0 Å². The standard InChI is InChI=1S/C15H11N3.2BF4.H2O.Pt/c1-3-10-16-12(6-1)14-8-5-9-15(18-14)13-7-2-4-11-17-13;2*2-1(3,4)5;;/h1-11H;;;1H2;/q;2*-1;;/p+1. The van der Waals surface area contributed by atoms with Crippen LogP contribution in [0.25, 0.3) is 22.8 Å². The summed E-state index contributed by atoms with van der Waals surface area (Å²) in [5, 5.41) is 0. The molecule has 0 saturated carbocycles. The Hall–Kier alpha value is -2.33. The molecular weight excluding hydrogens is 607 g/mol. The van der Waals surface area contributed by atoms with Gasteiger partial charge >= 0.3 is 14.5 Å². The van der Waals surface area contributed by atoms with Crippen molar-refractivity contribution in [3.8, 4) is 22.8 Å². The molecular formula is C15H14B2F8N3OPt-. The molecule has 3 N–H and O–H groups in total. The van der Waals surface area contributed by atoms with Crippen LogP contribution in [0.3, 0.4) is 0 Å². The number of aromatic nitrogens is 3. The molecule has 15 heteroatoms. The van der Waals surface area contributed by atoms with Crippen LogP contribution in [0, 0.1) is 0 Å². The molecule has 0 saturated heterocycles. The molecule has 3 aromatic rings. The van der Waals surface area contributed by atoms with Gasteiger partial charge in [0.05, 0.1) is 22.8 Å². The van der Waals surface area contributed by atoms with Crippen molar-refractivity contribution in [3.63, 3.8) is 0 Å². The zero-order valence-electron chi connectivity index (χ0n) is 14.8. The van der Waals surface area contributed by atoms with Crippen LogP contribution >= 0.6 is 0 Å². The van der Waals surface area contributed by atoms with E-state index in [1.54, 1.807) is 12.4 Å². The summed E-state index contributed by atoms with van der Waals surface area (Å²) < 4.78 is 78.0. The Morgan fingerprint density at radius 3 is 1.07 bits per heavy atom. The van der Waals surface area contributed by atoms with Crippen molar-refractivity contribution in [2.24, 2.45) is 0 Å². The van der Waals surface area contributed by atoms with E-state index < -0.39 is 14.5 Å². The second-order valence-electron chi connectivity index (χ2n) is 4.83. The number of hydrogen-bond donors (Lipinski definition) is 0. The van der Waals surface area contributed by atoms with Crippen molar-refractivity contribution < 1.29 is 61.1 Å². The minimum Gasteiger partial charge on any atom is -0.457 e. The molecule has 0 fully saturated rings. The minimum absolute atomic E-state index is 0. The van der Waals surface area contributed by atoms with E-state index in [1.165, 1.54) is 0 Å². The third kappa shape index (κ3) is 15.6. The quantitative estimate of drug-likeness (QED) is 0.233. The third-order valence-corrected chi connectivity index (χ3v) is 2.60.